The molecule has 2 heteroatoms. The highest BCUT2D eigenvalue weighted by atomic mass is 19.1. The fraction of sp³-hybridized carbons (Fsp3) is 0.500. The van der Waals surface area contributed by atoms with Gasteiger partial charge in [0.1, 0.15) is 5.82 Å². The summed E-state index contributed by atoms with van der Waals surface area (Å²) >= 11 is 0. The first-order chi connectivity index (χ1) is 6.72. The molecule has 1 nitrogen and oxygen atoms in total. The first kappa shape index (κ1) is 8.42. The Labute approximate surface area is 82.6 Å². The first-order valence-corrected chi connectivity index (χ1v) is 5.16. The third kappa shape index (κ3) is 0.871. The predicted molar refractivity (Wildman–Crippen MR) is 51.4 cm³/mol. The molecular formula is C12H13FO. The Hall–Kier alpha value is -0.890. The number of aliphatic hydroxyl groups is 1. The van der Waals surface area contributed by atoms with E-state index in [1.807, 2.05) is 6.07 Å². The molecule has 0 saturated heterocycles. The lowest BCUT2D eigenvalue weighted by atomic mass is 9.63. The minimum atomic E-state index is -0.232. The summed E-state index contributed by atoms with van der Waals surface area (Å²) < 4.78 is 13.1. The molecule has 0 heterocycles. The van der Waals surface area contributed by atoms with Gasteiger partial charge >= 0.3 is 0 Å². The molecule has 3 atom stereocenters. The summed E-state index contributed by atoms with van der Waals surface area (Å²) in [5.41, 5.74) is 0.881. The lowest BCUT2D eigenvalue weighted by molar-refractivity contribution is -0.0176. The Morgan fingerprint density at radius 2 is 2.29 bits per heavy atom. The summed E-state index contributed by atoms with van der Waals surface area (Å²) in [4.78, 5) is 0. The topological polar surface area (TPSA) is 20.2 Å². The zero-order valence-electron chi connectivity index (χ0n) is 7.91. The lowest BCUT2D eigenvalue weighted by Crippen LogP contribution is -2.48. The van der Waals surface area contributed by atoms with E-state index in [1.165, 1.54) is 6.07 Å². The van der Waals surface area contributed by atoms with Crippen molar-refractivity contribution >= 4 is 0 Å². The largest absolute Gasteiger partial charge is 0.392 e. The normalized spacial score (nSPS) is 39.6. The van der Waals surface area contributed by atoms with E-state index in [0.29, 0.717) is 5.92 Å². The Morgan fingerprint density at radius 1 is 1.43 bits per heavy atom. The summed E-state index contributed by atoms with van der Waals surface area (Å²) in [6, 6.07) is 6.70. The van der Waals surface area contributed by atoms with Crippen LogP contribution < -0.4 is 0 Å². The monoisotopic (exact) mass is 192 g/mol. The van der Waals surface area contributed by atoms with Crippen LogP contribution in [0.2, 0.25) is 0 Å². The summed E-state index contributed by atoms with van der Waals surface area (Å²) in [5.74, 6) is 0.276. The van der Waals surface area contributed by atoms with E-state index in [4.69, 9.17) is 0 Å². The molecule has 4 rings (SSSR count). The Kier molecular flexibility index (Phi) is 1.55. The molecule has 0 aliphatic heterocycles. The quantitative estimate of drug-likeness (QED) is 0.723. The van der Waals surface area contributed by atoms with E-state index >= 15 is 0 Å². The van der Waals surface area contributed by atoms with E-state index in [0.717, 1.165) is 24.8 Å². The zero-order chi connectivity index (χ0) is 9.76. The SMILES string of the molecule is OC1C2CCC1(c1cccc(F)c1)C2. The summed E-state index contributed by atoms with van der Waals surface area (Å²) in [5, 5.41) is 9.92. The number of hydrogen-bond donors (Lipinski definition) is 1. The second-order valence-corrected chi connectivity index (χ2v) is 4.61. The Morgan fingerprint density at radius 3 is 2.86 bits per heavy atom. The van der Waals surface area contributed by atoms with Crippen molar-refractivity contribution in [2.75, 3.05) is 0 Å². The van der Waals surface area contributed by atoms with Gasteiger partial charge in [0, 0.05) is 5.41 Å². The van der Waals surface area contributed by atoms with Crippen LogP contribution in [0.15, 0.2) is 24.3 Å². The van der Waals surface area contributed by atoms with Gasteiger partial charge in [0.25, 0.3) is 0 Å². The van der Waals surface area contributed by atoms with Crippen LogP contribution in [0.5, 0.6) is 0 Å². The molecule has 3 fully saturated rings. The fourth-order valence-electron chi connectivity index (χ4n) is 3.17. The Bertz CT molecular complexity index is 372. The summed E-state index contributed by atoms with van der Waals surface area (Å²) in [6.45, 7) is 0. The van der Waals surface area contributed by atoms with Gasteiger partial charge in [0.15, 0.2) is 0 Å². The number of halogens is 1. The number of aliphatic hydroxyl groups excluding tert-OH is 1. The second kappa shape index (κ2) is 2.57. The van der Waals surface area contributed by atoms with Crippen molar-refractivity contribution in [2.45, 2.75) is 30.8 Å². The van der Waals surface area contributed by atoms with Gasteiger partial charge in [-0.2, -0.15) is 0 Å². The van der Waals surface area contributed by atoms with Crippen LogP contribution in [-0.2, 0) is 5.41 Å². The van der Waals surface area contributed by atoms with Crippen molar-refractivity contribution in [3.8, 4) is 0 Å². The second-order valence-electron chi connectivity index (χ2n) is 4.61. The minimum Gasteiger partial charge on any atom is -0.392 e. The number of benzene rings is 1. The maximum Gasteiger partial charge on any atom is 0.123 e. The predicted octanol–water partition coefficient (Wildman–Crippen LogP) is 2.24. The standard InChI is InChI=1S/C12H13FO/c13-10-3-1-2-9(6-10)12-5-4-8(7-12)11(12)14/h1-3,6,8,11,14H,4-5,7H2. The maximum absolute atomic E-state index is 13.1. The fourth-order valence-corrected chi connectivity index (χ4v) is 3.17. The third-order valence-electron chi connectivity index (χ3n) is 4.00. The van der Waals surface area contributed by atoms with Crippen molar-refractivity contribution in [1.29, 1.82) is 0 Å². The van der Waals surface area contributed by atoms with E-state index in [9.17, 15) is 9.50 Å². The number of fused-ring (bicyclic) bond motifs is 1. The van der Waals surface area contributed by atoms with Crippen molar-refractivity contribution in [2.24, 2.45) is 5.92 Å². The highest BCUT2D eigenvalue weighted by Gasteiger charge is 2.59. The van der Waals surface area contributed by atoms with E-state index in [2.05, 4.69) is 0 Å². The van der Waals surface area contributed by atoms with Gasteiger partial charge < -0.3 is 5.11 Å². The molecule has 1 aromatic carbocycles. The number of rotatable bonds is 1. The van der Waals surface area contributed by atoms with Gasteiger partial charge in [-0.15, -0.1) is 0 Å². The number of hydrogen-bond acceptors (Lipinski definition) is 1. The van der Waals surface area contributed by atoms with Crippen molar-refractivity contribution in [3.63, 3.8) is 0 Å². The van der Waals surface area contributed by atoms with E-state index in [-0.39, 0.29) is 17.3 Å². The van der Waals surface area contributed by atoms with Crippen LogP contribution in [0.25, 0.3) is 0 Å². The van der Waals surface area contributed by atoms with Crippen LogP contribution in [0.1, 0.15) is 24.8 Å². The van der Waals surface area contributed by atoms with Crippen molar-refractivity contribution < 1.29 is 9.50 Å². The lowest BCUT2D eigenvalue weighted by Gasteiger charge is -2.44. The zero-order valence-corrected chi connectivity index (χ0v) is 7.91. The first-order valence-electron chi connectivity index (χ1n) is 5.16. The average Bonchev–Trinajstić information content (AvgIpc) is 2.75. The molecule has 0 radical (unpaired) electrons. The highest BCUT2D eigenvalue weighted by Crippen LogP contribution is 2.59. The minimum absolute atomic E-state index is 0.104. The van der Waals surface area contributed by atoms with Gasteiger partial charge in [-0.3, -0.25) is 0 Å². The van der Waals surface area contributed by atoms with Gasteiger partial charge in [-0.25, -0.2) is 4.39 Å². The molecule has 0 aromatic heterocycles. The van der Waals surface area contributed by atoms with Gasteiger partial charge in [-0.05, 0) is 42.9 Å². The Balaban J connectivity index is 2.03. The van der Waals surface area contributed by atoms with E-state index in [1.54, 1.807) is 12.1 Å². The van der Waals surface area contributed by atoms with Gasteiger partial charge in [0.05, 0.1) is 6.10 Å². The van der Waals surface area contributed by atoms with E-state index < -0.39 is 0 Å². The molecule has 0 amide bonds. The maximum atomic E-state index is 13.1. The van der Waals surface area contributed by atoms with Crippen molar-refractivity contribution in [1.82, 2.24) is 0 Å². The molecule has 3 unspecified atom stereocenters. The molecule has 74 valence electrons. The molecule has 2 bridgehead atoms. The van der Waals surface area contributed by atoms with Crippen LogP contribution in [0.4, 0.5) is 4.39 Å². The van der Waals surface area contributed by atoms with Crippen LogP contribution in [0.3, 0.4) is 0 Å². The highest BCUT2D eigenvalue weighted by molar-refractivity contribution is 5.34. The summed E-state index contributed by atoms with van der Waals surface area (Å²) in [6.07, 6.45) is 2.92. The molecule has 0 spiro atoms. The molecule has 1 aromatic rings. The molecule has 3 saturated carbocycles. The molecule has 3 aliphatic rings. The van der Waals surface area contributed by atoms with Gasteiger partial charge in [-0.1, -0.05) is 12.1 Å². The average molecular weight is 192 g/mol. The molecular weight excluding hydrogens is 179 g/mol. The van der Waals surface area contributed by atoms with Crippen molar-refractivity contribution in [3.05, 3.63) is 35.6 Å². The van der Waals surface area contributed by atoms with Crippen LogP contribution in [-0.4, -0.2) is 11.2 Å². The van der Waals surface area contributed by atoms with Crippen LogP contribution in [0, 0.1) is 11.7 Å². The molecule has 14 heavy (non-hydrogen) atoms. The van der Waals surface area contributed by atoms with Crippen LogP contribution >= 0.6 is 0 Å². The van der Waals surface area contributed by atoms with Gasteiger partial charge in [0.2, 0.25) is 0 Å². The molecule has 1 N–H and O–H groups in total. The molecule has 3 aliphatic carbocycles. The smallest absolute Gasteiger partial charge is 0.123 e. The summed E-state index contributed by atoms with van der Waals surface area (Å²) in [7, 11) is 0. The third-order valence-corrected chi connectivity index (χ3v) is 4.00.